The van der Waals surface area contributed by atoms with Crippen molar-refractivity contribution in [1.29, 1.82) is 0 Å². The number of carbonyl (C=O) groups excluding carboxylic acids is 3. The van der Waals surface area contributed by atoms with Gasteiger partial charge in [0.1, 0.15) is 0 Å². The number of likely N-dealkylation sites (tertiary alicyclic amines) is 1. The number of morpholine rings is 1. The number of ether oxygens (including phenoxy) is 1. The highest BCUT2D eigenvalue weighted by Crippen LogP contribution is 2.26. The number of hydrogen-bond donors (Lipinski definition) is 2. The van der Waals surface area contributed by atoms with Crippen molar-refractivity contribution in [2.45, 2.75) is 19.3 Å². The Hall–Kier alpha value is -2.61. The molecule has 2 heterocycles. The number of hydrogen-bond acceptors (Lipinski definition) is 5. The molecule has 1 aromatic carbocycles. The minimum absolute atomic E-state index is 0.166. The topological polar surface area (TPSA) is 91.0 Å². The fraction of sp³-hybridized carbons (Fsp3) is 0.526. The SMILES string of the molecule is O=C(NCCCN1CCCC1=O)C(=O)Nc1ccccc1N1CCOCC1. The van der Waals surface area contributed by atoms with Crippen molar-refractivity contribution in [2.24, 2.45) is 0 Å². The van der Waals surface area contributed by atoms with Gasteiger partial charge in [0.05, 0.1) is 24.6 Å². The van der Waals surface area contributed by atoms with Crippen LogP contribution in [0, 0.1) is 0 Å². The third kappa shape index (κ3) is 5.19. The first-order valence-electron chi connectivity index (χ1n) is 9.44. The fourth-order valence-corrected chi connectivity index (χ4v) is 3.33. The summed E-state index contributed by atoms with van der Waals surface area (Å²) in [6.07, 6.45) is 2.14. The van der Waals surface area contributed by atoms with Crippen LogP contribution >= 0.6 is 0 Å². The third-order valence-electron chi connectivity index (χ3n) is 4.77. The number of anilines is 2. The van der Waals surface area contributed by atoms with Crippen LogP contribution in [0.3, 0.4) is 0 Å². The number of carbonyl (C=O) groups is 3. The van der Waals surface area contributed by atoms with Crippen LogP contribution in [-0.2, 0) is 19.1 Å². The van der Waals surface area contributed by atoms with Crippen LogP contribution in [0.2, 0.25) is 0 Å². The van der Waals surface area contributed by atoms with Gasteiger partial charge >= 0.3 is 11.8 Å². The first kappa shape index (κ1) is 19.2. The molecule has 2 aliphatic heterocycles. The van der Waals surface area contributed by atoms with Gasteiger partial charge in [-0.15, -0.1) is 0 Å². The summed E-state index contributed by atoms with van der Waals surface area (Å²) >= 11 is 0. The van der Waals surface area contributed by atoms with Gasteiger partial charge in [0.15, 0.2) is 0 Å². The van der Waals surface area contributed by atoms with Crippen molar-refractivity contribution in [2.75, 3.05) is 56.2 Å². The Balaban J connectivity index is 1.46. The van der Waals surface area contributed by atoms with Gasteiger partial charge in [-0.05, 0) is 25.0 Å². The largest absolute Gasteiger partial charge is 0.378 e. The Morgan fingerprint density at radius 1 is 1.07 bits per heavy atom. The van der Waals surface area contributed by atoms with Gasteiger partial charge in [-0.25, -0.2) is 0 Å². The fourth-order valence-electron chi connectivity index (χ4n) is 3.33. The number of nitrogens with one attached hydrogen (secondary N) is 2. The highest BCUT2D eigenvalue weighted by Gasteiger charge is 2.20. The molecule has 0 atom stereocenters. The van der Waals surface area contributed by atoms with Gasteiger partial charge < -0.3 is 25.2 Å². The second-order valence-corrected chi connectivity index (χ2v) is 6.66. The molecule has 8 heteroatoms. The monoisotopic (exact) mass is 374 g/mol. The van der Waals surface area contributed by atoms with Gasteiger partial charge in [0, 0.05) is 39.1 Å². The molecular weight excluding hydrogens is 348 g/mol. The lowest BCUT2D eigenvalue weighted by Crippen LogP contribution is -2.39. The lowest BCUT2D eigenvalue weighted by Gasteiger charge is -2.30. The summed E-state index contributed by atoms with van der Waals surface area (Å²) in [5, 5.41) is 5.32. The lowest BCUT2D eigenvalue weighted by molar-refractivity contribution is -0.136. The molecule has 2 N–H and O–H groups in total. The highest BCUT2D eigenvalue weighted by molar-refractivity contribution is 6.39. The van der Waals surface area contributed by atoms with E-state index in [-0.39, 0.29) is 5.91 Å². The van der Waals surface area contributed by atoms with E-state index in [2.05, 4.69) is 15.5 Å². The summed E-state index contributed by atoms with van der Waals surface area (Å²) in [6, 6.07) is 7.44. The molecule has 3 amide bonds. The molecule has 2 fully saturated rings. The molecule has 0 spiro atoms. The third-order valence-corrected chi connectivity index (χ3v) is 4.77. The van der Waals surface area contributed by atoms with E-state index in [0.29, 0.717) is 44.8 Å². The minimum Gasteiger partial charge on any atom is -0.378 e. The summed E-state index contributed by atoms with van der Waals surface area (Å²) in [5.74, 6) is -1.19. The molecule has 2 saturated heterocycles. The van der Waals surface area contributed by atoms with E-state index in [9.17, 15) is 14.4 Å². The molecule has 0 unspecified atom stereocenters. The molecule has 8 nitrogen and oxygen atoms in total. The molecule has 0 saturated carbocycles. The van der Waals surface area contributed by atoms with Gasteiger partial charge in [0.2, 0.25) is 5.91 Å². The number of nitrogens with zero attached hydrogens (tertiary/aromatic N) is 2. The average Bonchev–Trinajstić information content (AvgIpc) is 3.11. The van der Waals surface area contributed by atoms with Crippen LogP contribution in [0.5, 0.6) is 0 Å². The maximum atomic E-state index is 12.2. The van der Waals surface area contributed by atoms with E-state index in [1.54, 1.807) is 11.0 Å². The van der Waals surface area contributed by atoms with Crippen LogP contribution < -0.4 is 15.5 Å². The van der Waals surface area contributed by atoms with Crippen molar-refractivity contribution in [3.63, 3.8) is 0 Å². The van der Waals surface area contributed by atoms with Crippen LogP contribution in [-0.4, -0.2) is 68.6 Å². The summed E-state index contributed by atoms with van der Waals surface area (Å²) in [4.78, 5) is 39.7. The predicted octanol–water partition coefficient (Wildman–Crippen LogP) is 0.590. The van der Waals surface area contributed by atoms with E-state index in [1.807, 2.05) is 18.2 Å². The molecule has 0 aliphatic carbocycles. The first-order chi connectivity index (χ1) is 13.1. The Morgan fingerprint density at radius 2 is 1.85 bits per heavy atom. The Bertz CT molecular complexity index is 688. The number of benzene rings is 1. The van der Waals surface area contributed by atoms with Crippen LogP contribution in [0.15, 0.2) is 24.3 Å². The van der Waals surface area contributed by atoms with Crippen molar-refractivity contribution >= 4 is 29.1 Å². The van der Waals surface area contributed by atoms with E-state index < -0.39 is 11.8 Å². The zero-order valence-corrected chi connectivity index (χ0v) is 15.4. The Morgan fingerprint density at radius 3 is 2.59 bits per heavy atom. The van der Waals surface area contributed by atoms with Crippen LogP contribution in [0.25, 0.3) is 0 Å². The highest BCUT2D eigenvalue weighted by atomic mass is 16.5. The normalized spacial score (nSPS) is 17.1. The average molecular weight is 374 g/mol. The van der Waals surface area contributed by atoms with Crippen molar-refractivity contribution in [3.8, 4) is 0 Å². The number of para-hydroxylation sites is 2. The van der Waals surface area contributed by atoms with Gasteiger partial charge in [-0.2, -0.15) is 0 Å². The number of amides is 3. The zero-order valence-electron chi connectivity index (χ0n) is 15.4. The molecule has 146 valence electrons. The lowest BCUT2D eigenvalue weighted by atomic mass is 10.2. The number of rotatable bonds is 6. The molecular formula is C19H26N4O4. The summed E-state index contributed by atoms with van der Waals surface area (Å²) in [5.41, 5.74) is 1.50. The molecule has 27 heavy (non-hydrogen) atoms. The summed E-state index contributed by atoms with van der Waals surface area (Å²) < 4.78 is 5.36. The minimum atomic E-state index is -0.687. The Kier molecular flexibility index (Phi) is 6.64. The van der Waals surface area contributed by atoms with E-state index in [1.165, 1.54) is 0 Å². The zero-order chi connectivity index (χ0) is 19.1. The molecule has 0 bridgehead atoms. The standard InChI is InChI=1S/C19H26N4O4/c24-17-7-3-9-23(17)10-4-8-20-18(25)19(26)21-15-5-1-2-6-16(15)22-11-13-27-14-12-22/h1-2,5-6H,3-4,7-14H2,(H,20,25)(H,21,26). The van der Waals surface area contributed by atoms with Crippen molar-refractivity contribution in [1.82, 2.24) is 10.2 Å². The smallest absolute Gasteiger partial charge is 0.313 e. The Labute approximate surface area is 158 Å². The van der Waals surface area contributed by atoms with Gasteiger partial charge in [-0.3, -0.25) is 14.4 Å². The second-order valence-electron chi connectivity index (χ2n) is 6.66. The molecule has 0 radical (unpaired) electrons. The predicted molar refractivity (Wildman–Crippen MR) is 102 cm³/mol. The summed E-state index contributed by atoms with van der Waals surface area (Å²) in [7, 11) is 0. The van der Waals surface area contributed by atoms with Gasteiger partial charge in [-0.1, -0.05) is 12.1 Å². The quantitative estimate of drug-likeness (QED) is 0.562. The maximum absolute atomic E-state index is 12.2. The van der Waals surface area contributed by atoms with Crippen LogP contribution in [0.1, 0.15) is 19.3 Å². The van der Waals surface area contributed by atoms with Crippen LogP contribution in [0.4, 0.5) is 11.4 Å². The molecule has 2 aliphatic rings. The van der Waals surface area contributed by atoms with E-state index in [0.717, 1.165) is 31.7 Å². The molecule has 0 aromatic heterocycles. The maximum Gasteiger partial charge on any atom is 0.313 e. The van der Waals surface area contributed by atoms with Gasteiger partial charge in [0.25, 0.3) is 0 Å². The molecule has 1 aromatic rings. The summed E-state index contributed by atoms with van der Waals surface area (Å²) in [6.45, 7) is 4.53. The van der Waals surface area contributed by atoms with E-state index in [4.69, 9.17) is 4.74 Å². The van der Waals surface area contributed by atoms with Crippen molar-refractivity contribution in [3.05, 3.63) is 24.3 Å². The second kappa shape index (κ2) is 9.36. The van der Waals surface area contributed by atoms with E-state index >= 15 is 0 Å². The van der Waals surface area contributed by atoms with Crippen molar-refractivity contribution < 1.29 is 19.1 Å². The molecule has 3 rings (SSSR count). The first-order valence-corrected chi connectivity index (χ1v) is 9.44.